The molecular weight excluding hydrogens is 162 g/mol. The first-order valence-electron chi connectivity index (χ1n) is 4.08. The van der Waals surface area contributed by atoms with Crippen LogP contribution in [0.3, 0.4) is 0 Å². The predicted molar refractivity (Wildman–Crippen MR) is 55.3 cm³/mol. The Labute approximate surface area is 78.0 Å². The lowest BCUT2D eigenvalue weighted by Crippen LogP contribution is -2.03. The summed E-state index contributed by atoms with van der Waals surface area (Å²) in [6.45, 7) is 3.75. The highest BCUT2D eigenvalue weighted by atomic mass is 14.8. The van der Waals surface area contributed by atoms with Crippen LogP contribution in [0.4, 0.5) is 0 Å². The second-order valence-corrected chi connectivity index (χ2v) is 2.79. The number of hydrogen-bond donors (Lipinski definition) is 1. The molecule has 0 spiro atoms. The molecule has 0 saturated heterocycles. The van der Waals surface area contributed by atoms with Gasteiger partial charge in [0, 0.05) is 12.4 Å². The van der Waals surface area contributed by atoms with E-state index < -0.39 is 0 Å². The van der Waals surface area contributed by atoms with E-state index in [4.69, 9.17) is 5.73 Å². The molecular formula is C10H13N3. The third kappa shape index (κ3) is 3.07. The number of nitrogens with two attached hydrogens (primary N) is 1. The third-order valence-corrected chi connectivity index (χ3v) is 1.56. The first-order valence-corrected chi connectivity index (χ1v) is 4.08. The van der Waals surface area contributed by atoms with Gasteiger partial charge in [0.05, 0.1) is 11.5 Å². The van der Waals surface area contributed by atoms with Gasteiger partial charge in [-0.15, -0.1) is 0 Å². The van der Waals surface area contributed by atoms with E-state index in [9.17, 15) is 0 Å². The van der Waals surface area contributed by atoms with Gasteiger partial charge in [-0.05, 0) is 31.6 Å². The largest absolute Gasteiger partial charge is 0.387 e. The van der Waals surface area contributed by atoms with Crippen molar-refractivity contribution >= 4 is 11.9 Å². The number of aliphatic imine (C=N–C) groups is 1. The second kappa shape index (κ2) is 4.40. The first kappa shape index (κ1) is 9.45. The van der Waals surface area contributed by atoms with Crippen LogP contribution in [-0.4, -0.2) is 10.8 Å². The number of hydrogen-bond acceptors (Lipinski definition) is 2. The number of aryl methyl sites for hydroxylation is 1. The molecule has 0 amide bonds. The highest BCUT2D eigenvalue weighted by molar-refractivity contribution is 5.78. The van der Waals surface area contributed by atoms with Crippen molar-refractivity contribution in [2.45, 2.75) is 13.8 Å². The van der Waals surface area contributed by atoms with Crippen LogP contribution in [0, 0.1) is 6.92 Å². The van der Waals surface area contributed by atoms with Gasteiger partial charge in [0.15, 0.2) is 0 Å². The molecule has 0 fully saturated rings. The van der Waals surface area contributed by atoms with Crippen LogP contribution < -0.4 is 5.73 Å². The molecule has 0 aliphatic heterocycles. The van der Waals surface area contributed by atoms with Gasteiger partial charge in [0.1, 0.15) is 0 Å². The summed E-state index contributed by atoms with van der Waals surface area (Å²) in [6.07, 6.45) is 5.25. The van der Waals surface area contributed by atoms with Crippen molar-refractivity contribution in [1.82, 2.24) is 4.98 Å². The fraction of sp³-hybridized carbons (Fsp3) is 0.200. The first-order chi connectivity index (χ1) is 6.20. The van der Waals surface area contributed by atoms with Gasteiger partial charge in [0.2, 0.25) is 0 Å². The third-order valence-electron chi connectivity index (χ3n) is 1.56. The predicted octanol–water partition coefficient (Wildman–Crippen LogP) is 1.74. The van der Waals surface area contributed by atoms with E-state index in [1.165, 1.54) is 0 Å². The molecule has 0 bridgehead atoms. The number of nitrogens with zero attached hydrogens (tertiary/aromatic N) is 2. The topological polar surface area (TPSA) is 51.3 Å². The van der Waals surface area contributed by atoms with Gasteiger partial charge in [-0.2, -0.15) is 0 Å². The lowest BCUT2D eigenvalue weighted by atomic mass is 10.2. The highest BCUT2D eigenvalue weighted by Crippen LogP contribution is 2.04. The summed E-state index contributed by atoms with van der Waals surface area (Å²) >= 11 is 0. The van der Waals surface area contributed by atoms with Crippen LogP contribution in [0.5, 0.6) is 0 Å². The summed E-state index contributed by atoms with van der Waals surface area (Å²) in [5, 5.41) is 0. The van der Waals surface area contributed by atoms with Crippen molar-refractivity contribution in [2.24, 2.45) is 10.7 Å². The molecule has 1 aromatic rings. The Kier molecular flexibility index (Phi) is 3.20. The smallest absolute Gasteiger partial charge is 0.0957 e. The summed E-state index contributed by atoms with van der Waals surface area (Å²) in [5.74, 6) is 0.546. The van der Waals surface area contributed by atoms with Crippen molar-refractivity contribution in [2.75, 3.05) is 0 Å². The summed E-state index contributed by atoms with van der Waals surface area (Å²) in [7, 11) is 0. The van der Waals surface area contributed by atoms with E-state index in [1.807, 2.05) is 25.1 Å². The van der Waals surface area contributed by atoms with Crippen LogP contribution in [0.15, 0.2) is 29.5 Å². The molecule has 0 saturated carbocycles. The lowest BCUT2D eigenvalue weighted by molar-refractivity contribution is 1.23. The Hall–Kier alpha value is -1.64. The summed E-state index contributed by atoms with van der Waals surface area (Å²) < 4.78 is 0. The summed E-state index contributed by atoms with van der Waals surface area (Å²) in [4.78, 5) is 8.11. The number of pyridine rings is 1. The maximum atomic E-state index is 5.37. The van der Waals surface area contributed by atoms with E-state index in [1.54, 1.807) is 19.3 Å². The fourth-order valence-corrected chi connectivity index (χ4v) is 0.898. The van der Waals surface area contributed by atoms with Gasteiger partial charge in [0.25, 0.3) is 0 Å². The molecule has 0 aliphatic carbocycles. The molecule has 68 valence electrons. The van der Waals surface area contributed by atoms with Gasteiger partial charge in [-0.1, -0.05) is 6.07 Å². The monoisotopic (exact) mass is 175 g/mol. The van der Waals surface area contributed by atoms with E-state index >= 15 is 0 Å². The molecule has 0 aromatic carbocycles. The Bertz CT molecular complexity index is 336. The SMILES string of the molecule is CC(N)=N/C=C\c1ncccc1C. The van der Waals surface area contributed by atoms with E-state index in [-0.39, 0.29) is 0 Å². The highest BCUT2D eigenvalue weighted by Gasteiger charge is 1.90. The van der Waals surface area contributed by atoms with E-state index in [0.29, 0.717) is 5.84 Å². The zero-order valence-corrected chi connectivity index (χ0v) is 7.86. The molecule has 0 unspecified atom stereocenters. The molecule has 2 N–H and O–H groups in total. The number of aromatic nitrogens is 1. The number of rotatable bonds is 2. The molecule has 0 radical (unpaired) electrons. The molecule has 1 aromatic heterocycles. The molecule has 0 aliphatic rings. The normalized spacial score (nSPS) is 12.3. The minimum absolute atomic E-state index is 0.546. The molecule has 1 rings (SSSR count). The summed E-state index contributed by atoms with van der Waals surface area (Å²) in [6, 6.07) is 3.91. The average Bonchev–Trinajstić information content (AvgIpc) is 2.08. The van der Waals surface area contributed by atoms with Crippen LogP contribution in [0.25, 0.3) is 6.08 Å². The minimum Gasteiger partial charge on any atom is -0.387 e. The maximum absolute atomic E-state index is 5.37. The van der Waals surface area contributed by atoms with Crippen molar-refractivity contribution in [3.63, 3.8) is 0 Å². The van der Waals surface area contributed by atoms with Gasteiger partial charge >= 0.3 is 0 Å². The molecule has 1 heterocycles. The van der Waals surface area contributed by atoms with Crippen molar-refractivity contribution in [3.05, 3.63) is 35.8 Å². The summed E-state index contributed by atoms with van der Waals surface area (Å²) in [5.41, 5.74) is 7.42. The van der Waals surface area contributed by atoms with Crippen LogP contribution in [0.1, 0.15) is 18.2 Å². The van der Waals surface area contributed by atoms with Crippen molar-refractivity contribution in [3.8, 4) is 0 Å². The minimum atomic E-state index is 0.546. The Balaban J connectivity index is 2.80. The van der Waals surface area contributed by atoms with Crippen molar-refractivity contribution in [1.29, 1.82) is 0 Å². The van der Waals surface area contributed by atoms with Gasteiger partial charge in [-0.25, -0.2) is 4.99 Å². The maximum Gasteiger partial charge on any atom is 0.0957 e. The average molecular weight is 175 g/mol. The molecule has 13 heavy (non-hydrogen) atoms. The zero-order valence-electron chi connectivity index (χ0n) is 7.86. The van der Waals surface area contributed by atoms with E-state index in [0.717, 1.165) is 11.3 Å². The van der Waals surface area contributed by atoms with Crippen LogP contribution >= 0.6 is 0 Å². The zero-order chi connectivity index (χ0) is 9.68. The van der Waals surface area contributed by atoms with Crippen LogP contribution in [-0.2, 0) is 0 Å². The number of amidine groups is 1. The quantitative estimate of drug-likeness (QED) is 0.549. The molecule has 3 heteroatoms. The van der Waals surface area contributed by atoms with Crippen LogP contribution in [0.2, 0.25) is 0 Å². The Morgan fingerprint density at radius 3 is 3.00 bits per heavy atom. The molecule has 3 nitrogen and oxygen atoms in total. The van der Waals surface area contributed by atoms with Gasteiger partial charge < -0.3 is 5.73 Å². The Morgan fingerprint density at radius 2 is 2.38 bits per heavy atom. The lowest BCUT2D eigenvalue weighted by Gasteiger charge is -1.95. The van der Waals surface area contributed by atoms with Crippen molar-refractivity contribution < 1.29 is 0 Å². The standard InChI is InChI=1S/C10H13N3/c1-8-4-3-6-13-10(8)5-7-12-9(2)11/h3-7H,1-2H3,(H2,11,12)/b7-5-. The Morgan fingerprint density at radius 1 is 1.62 bits per heavy atom. The fourth-order valence-electron chi connectivity index (χ4n) is 0.898. The second-order valence-electron chi connectivity index (χ2n) is 2.79. The van der Waals surface area contributed by atoms with E-state index in [2.05, 4.69) is 9.98 Å². The molecule has 0 atom stereocenters. The van der Waals surface area contributed by atoms with Gasteiger partial charge in [-0.3, -0.25) is 4.98 Å².